The van der Waals surface area contributed by atoms with Gasteiger partial charge >= 0.3 is 6.18 Å². The van der Waals surface area contributed by atoms with Crippen LogP contribution in [-0.4, -0.2) is 21.7 Å². The van der Waals surface area contributed by atoms with Gasteiger partial charge in [0.25, 0.3) is 0 Å². The molecule has 37 heavy (non-hydrogen) atoms. The number of Topliss-reactive ketones (excluding diaryl/α,β-unsaturated/α-hetero) is 1. The third kappa shape index (κ3) is 6.53. The highest BCUT2D eigenvalue weighted by Gasteiger charge is 2.51. The second-order valence-corrected chi connectivity index (χ2v) is 9.56. The van der Waals surface area contributed by atoms with E-state index >= 15 is 0 Å². The van der Waals surface area contributed by atoms with Gasteiger partial charge in [-0.05, 0) is 62.6 Å². The monoisotopic (exact) mass is 510 g/mol. The van der Waals surface area contributed by atoms with E-state index in [1.807, 2.05) is 6.07 Å². The molecule has 194 valence electrons. The Labute approximate surface area is 213 Å². The van der Waals surface area contributed by atoms with Crippen LogP contribution in [-0.2, 0) is 23.9 Å². The third-order valence-electron chi connectivity index (χ3n) is 6.50. The van der Waals surface area contributed by atoms with E-state index < -0.39 is 17.2 Å². The highest BCUT2D eigenvalue weighted by atomic mass is 19.4. The maximum atomic E-state index is 13.4. The molecule has 1 fully saturated rings. The Morgan fingerprint density at radius 2 is 1.73 bits per heavy atom. The van der Waals surface area contributed by atoms with E-state index in [1.165, 1.54) is 12.3 Å². The number of benzene rings is 1. The molecule has 0 aliphatic heterocycles. The molecule has 1 amide bonds. The lowest BCUT2D eigenvalue weighted by Gasteiger charge is -2.16. The van der Waals surface area contributed by atoms with Crippen LogP contribution in [0.25, 0.3) is 0 Å². The zero-order valence-corrected chi connectivity index (χ0v) is 20.8. The summed E-state index contributed by atoms with van der Waals surface area (Å²) in [4.78, 5) is 34.2. The van der Waals surface area contributed by atoms with Crippen LogP contribution in [0.2, 0.25) is 0 Å². The molecule has 4 rings (SSSR count). The van der Waals surface area contributed by atoms with Crippen LogP contribution in [0.4, 0.5) is 24.5 Å². The van der Waals surface area contributed by atoms with Gasteiger partial charge in [-0.25, -0.2) is 0 Å². The number of aryl methyl sites for hydroxylation is 2. The van der Waals surface area contributed by atoms with Crippen molar-refractivity contribution in [3.05, 3.63) is 82.9 Å². The van der Waals surface area contributed by atoms with E-state index in [1.54, 1.807) is 37.4 Å². The largest absolute Gasteiger partial charge is 0.418 e. The van der Waals surface area contributed by atoms with Crippen LogP contribution in [0.5, 0.6) is 0 Å². The van der Waals surface area contributed by atoms with Gasteiger partial charge in [0.1, 0.15) is 0 Å². The predicted molar refractivity (Wildman–Crippen MR) is 134 cm³/mol. The highest BCUT2D eigenvalue weighted by molar-refractivity contribution is 6.00. The van der Waals surface area contributed by atoms with E-state index in [2.05, 4.69) is 27.5 Å². The number of nitrogens with zero attached hydrogens (tertiary/aromatic N) is 2. The molecule has 2 N–H and O–H groups in total. The Balaban J connectivity index is 1.33. The number of hydrogen-bond donors (Lipinski definition) is 2. The quantitative estimate of drug-likeness (QED) is 0.319. The molecule has 0 unspecified atom stereocenters. The third-order valence-corrected chi connectivity index (χ3v) is 6.50. The maximum Gasteiger partial charge on any atom is 0.418 e. The van der Waals surface area contributed by atoms with Crippen LogP contribution in [0.3, 0.4) is 0 Å². The number of rotatable bonds is 10. The summed E-state index contributed by atoms with van der Waals surface area (Å²) in [5, 5.41) is 5.62. The summed E-state index contributed by atoms with van der Waals surface area (Å²) in [6, 6.07) is 10.9. The number of halogens is 3. The summed E-state index contributed by atoms with van der Waals surface area (Å²) >= 11 is 0. The first kappa shape index (κ1) is 26.3. The topological polar surface area (TPSA) is 84.0 Å². The van der Waals surface area contributed by atoms with E-state index in [0.717, 1.165) is 24.6 Å². The number of amides is 1. The number of ketones is 1. The molecular formula is C28H29F3N4O2. The van der Waals surface area contributed by atoms with Crippen molar-refractivity contribution < 1.29 is 22.8 Å². The summed E-state index contributed by atoms with van der Waals surface area (Å²) < 4.78 is 40.1. The fourth-order valence-electron chi connectivity index (χ4n) is 4.16. The average Bonchev–Trinajstić information content (AvgIpc) is 3.65. The molecule has 2 heterocycles. The van der Waals surface area contributed by atoms with Gasteiger partial charge in [-0.3, -0.25) is 19.6 Å². The average molecular weight is 511 g/mol. The number of alkyl halides is 3. The summed E-state index contributed by atoms with van der Waals surface area (Å²) in [6.07, 6.45) is 1.75. The first-order valence-electron chi connectivity index (χ1n) is 12.3. The van der Waals surface area contributed by atoms with Crippen molar-refractivity contribution in [1.82, 2.24) is 15.3 Å². The van der Waals surface area contributed by atoms with Crippen LogP contribution in [0.15, 0.2) is 54.9 Å². The van der Waals surface area contributed by atoms with E-state index in [0.29, 0.717) is 35.3 Å². The molecule has 9 heteroatoms. The molecule has 1 saturated carbocycles. The maximum absolute atomic E-state index is 13.4. The number of anilines is 2. The van der Waals surface area contributed by atoms with E-state index in [-0.39, 0.29) is 30.3 Å². The lowest BCUT2D eigenvalue weighted by Crippen LogP contribution is -2.33. The Morgan fingerprint density at radius 3 is 2.32 bits per heavy atom. The van der Waals surface area contributed by atoms with Crippen molar-refractivity contribution in [1.29, 1.82) is 0 Å². The minimum atomic E-state index is -4.48. The second kappa shape index (κ2) is 10.7. The van der Waals surface area contributed by atoms with Gasteiger partial charge in [-0.1, -0.05) is 25.0 Å². The van der Waals surface area contributed by atoms with Crippen LogP contribution in [0, 0.1) is 12.3 Å². The molecule has 3 aromatic rings. The van der Waals surface area contributed by atoms with Gasteiger partial charge in [-0.2, -0.15) is 13.2 Å². The van der Waals surface area contributed by atoms with Gasteiger partial charge < -0.3 is 10.6 Å². The summed E-state index contributed by atoms with van der Waals surface area (Å²) in [5.41, 5.74) is 1.39. The first-order chi connectivity index (χ1) is 17.6. The van der Waals surface area contributed by atoms with Crippen molar-refractivity contribution in [3.8, 4) is 0 Å². The Hall–Kier alpha value is -3.75. The Morgan fingerprint density at radius 1 is 1.00 bits per heavy atom. The number of aromatic nitrogens is 2. The zero-order chi connectivity index (χ0) is 26.6. The lowest BCUT2D eigenvalue weighted by molar-refractivity contribution is -0.137. The molecule has 2 aromatic heterocycles. The second-order valence-electron chi connectivity index (χ2n) is 9.56. The smallest absolute Gasteiger partial charge is 0.354 e. The van der Waals surface area contributed by atoms with Crippen molar-refractivity contribution in [3.63, 3.8) is 0 Å². The molecule has 0 bridgehead atoms. The number of pyridine rings is 2. The molecule has 0 saturated heterocycles. The van der Waals surface area contributed by atoms with Gasteiger partial charge in [0.05, 0.1) is 40.8 Å². The Bertz CT molecular complexity index is 1270. The molecule has 1 aliphatic carbocycles. The van der Waals surface area contributed by atoms with Crippen molar-refractivity contribution in [2.45, 2.75) is 58.7 Å². The van der Waals surface area contributed by atoms with Crippen molar-refractivity contribution >= 4 is 23.1 Å². The molecule has 0 atom stereocenters. The molecule has 1 aliphatic rings. The lowest BCUT2D eigenvalue weighted by atomic mass is 9.95. The summed E-state index contributed by atoms with van der Waals surface area (Å²) in [7, 11) is 0. The van der Waals surface area contributed by atoms with Crippen LogP contribution in [0.1, 0.15) is 65.5 Å². The number of nitrogens with one attached hydrogen (secondary N) is 2. The molecule has 6 nitrogen and oxygen atoms in total. The normalized spacial score (nSPS) is 14.2. The highest BCUT2D eigenvalue weighted by Crippen LogP contribution is 2.49. The number of carbonyl (C=O) groups excluding carboxylic acids is 2. The molecular weight excluding hydrogens is 481 g/mol. The molecule has 0 radical (unpaired) electrons. The van der Waals surface area contributed by atoms with Crippen molar-refractivity contribution in [2.24, 2.45) is 5.41 Å². The Kier molecular flexibility index (Phi) is 7.61. The number of hydrogen-bond acceptors (Lipinski definition) is 5. The van der Waals surface area contributed by atoms with Gasteiger partial charge in [-0.15, -0.1) is 0 Å². The van der Waals surface area contributed by atoms with Crippen LogP contribution < -0.4 is 10.6 Å². The van der Waals surface area contributed by atoms with E-state index in [4.69, 9.17) is 0 Å². The zero-order valence-electron chi connectivity index (χ0n) is 20.8. The van der Waals surface area contributed by atoms with Crippen LogP contribution >= 0.6 is 0 Å². The van der Waals surface area contributed by atoms with Gasteiger partial charge in [0.15, 0.2) is 5.78 Å². The fraction of sp³-hybridized carbons (Fsp3) is 0.357. The van der Waals surface area contributed by atoms with Crippen molar-refractivity contribution in [2.75, 3.05) is 5.32 Å². The number of carbonyl (C=O) groups is 2. The molecule has 1 aromatic carbocycles. The summed E-state index contributed by atoms with van der Waals surface area (Å²) in [5.74, 6) is -0.305. The minimum absolute atomic E-state index is 0.0588. The SMILES string of the molecule is CCCc1ccc(C(=O)CC2(C(=O)NCc3ccc(Nc4ccc(C)cc4C(F)(F)F)cn3)CC2)cn1. The first-order valence-corrected chi connectivity index (χ1v) is 12.3. The van der Waals surface area contributed by atoms with E-state index in [9.17, 15) is 22.8 Å². The summed E-state index contributed by atoms with van der Waals surface area (Å²) in [6.45, 7) is 3.82. The van der Waals surface area contributed by atoms with Gasteiger partial charge in [0.2, 0.25) is 5.91 Å². The van der Waals surface area contributed by atoms with Gasteiger partial charge in [0, 0.05) is 23.9 Å². The standard InChI is InChI=1S/C28H29F3N4O2/c1-3-4-20-7-6-19(15-32-20)25(36)14-27(11-12-27)26(37)34-16-21-8-9-22(17-33-21)35-24-10-5-18(2)13-23(24)28(29,30)31/h5-10,13,15,17,35H,3-4,11-12,14,16H2,1-2H3,(H,34,37). The minimum Gasteiger partial charge on any atom is -0.354 e. The fourth-order valence-corrected chi connectivity index (χ4v) is 4.16. The molecule has 0 spiro atoms. The predicted octanol–water partition coefficient (Wildman–Crippen LogP) is 6.17.